The number of carbonyl (C=O) groups excluding carboxylic acids is 2. The van der Waals surface area contributed by atoms with Crippen molar-refractivity contribution in [2.24, 2.45) is 0 Å². The van der Waals surface area contributed by atoms with Gasteiger partial charge in [0.25, 0.3) is 5.91 Å². The van der Waals surface area contributed by atoms with E-state index in [1.807, 2.05) is 6.07 Å². The molecule has 0 bridgehead atoms. The van der Waals surface area contributed by atoms with Crippen LogP contribution in [-0.2, 0) is 4.79 Å². The third kappa shape index (κ3) is 4.42. The second kappa shape index (κ2) is 7.23. The van der Waals surface area contributed by atoms with Crippen molar-refractivity contribution in [3.05, 3.63) is 59.7 Å². The van der Waals surface area contributed by atoms with E-state index in [9.17, 15) is 9.59 Å². The van der Waals surface area contributed by atoms with Crippen molar-refractivity contribution < 1.29 is 14.3 Å². The lowest BCUT2D eigenvalue weighted by atomic mass is 10.1. The first-order valence-corrected chi connectivity index (χ1v) is 7.08. The SMILES string of the molecule is CC(=O)c1cccc(O[C@H](C)C(=O)Nc2ccc(C#N)cc2)c1. The molecular formula is C18H16N2O3. The highest BCUT2D eigenvalue weighted by Crippen LogP contribution is 2.16. The molecule has 0 aliphatic carbocycles. The summed E-state index contributed by atoms with van der Waals surface area (Å²) in [7, 11) is 0. The first-order chi connectivity index (χ1) is 11.0. The number of carbonyl (C=O) groups is 2. The third-order valence-corrected chi connectivity index (χ3v) is 3.20. The molecule has 116 valence electrons. The lowest BCUT2D eigenvalue weighted by molar-refractivity contribution is -0.122. The minimum absolute atomic E-state index is 0.0647. The number of ether oxygens (including phenoxy) is 1. The van der Waals surface area contributed by atoms with Gasteiger partial charge in [-0.1, -0.05) is 12.1 Å². The summed E-state index contributed by atoms with van der Waals surface area (Å²) in [6, 6.07) is 15.3. The Labute approximate surface area is 134 Å². The zero-order valence-electron chi connectivity index (χ0n) is 12.9. The van der Waals surface area contributed by atoms with Gasteiger partial charge in [0.05, 0.1) is 11.6 Å². The van der Waals surface area contributed by atoms with Crippen LogP contribution in [0.15, 0.2) is 48.5 Å². The van der Waals surface area contributed by atoms with Crippen LogP contribution in [-0.4, -0.2) is 17.8 Å². The number of amides is 1. The Morgan fingerprint density at radius 2 is 1.87 bits per heavy atom. The summed E-state index contributed by atoms with van der Waals surface area (Å²) in [5.41, 5.74) is 1.64. The Morgan fingerprint density at radius 3 is 2.48 bits per heavy atom. The molecule has 2 aromatic carbocycles. The molecule has 2 rings (SSSR count). The number of hydrogen-bond donors (Lipinski definition) is 1. The number of rotatable bonds is 5. The Morgan fingerprint density at radius 1 is 1.17 bits per heavy atom. The van der Waals surface area contributed by atoms with Gasteiger partial charge in [0, 0.05) is 11.3 Å². The number of Topliss-reactive ketones (excluding diaryl/α,β-unsaturated/α-hetero) is 1. The van der Waals surface area contributed by atoms with Crippen molar-refractivity contribution in [2.75, 3.05) is 5.32 Å². The average Bonchev–Trinajstić information content (AvgIpc) is 2.55. The van der Waals surface area contributed by atoms with Crippen LogP contribution < -0.4 is 10.1 Å². The Hall–Kier alpha value is -3.13. The fraction of sp³-hybridized carbons (Fsp3) is 0.167. The highest BCUT2D eigenvalue weighted by molar-refractivity contribution is 5.95. The zero-order valence-corrected chi connectivity index (χ0v) is 12.9. The summed E-state index contributed by atoms with van der Waals surface area (Å²) in [6.07, 6.45) is -0.729. The summed E-state index contributed by atoms with van der Waals surface area (Å²) in [4.78, 5) is 23.5. The van der Waals surface area contributed by atoms with Crippen LogP contribution in [0.2, 0.25) is 0 Å². The van der Waals surface area contributed by atoms with Gasteiger partial charge in [0.1, 0.15) is 5.75 Å². The van der Waals surface area contributed by atoms with Crippen LogP contribution in [0.25, 0.3) is 0 Å². The molecule has 0 heterocycles. The highest BCUT2D eigenvalue weighted by atomic mass is 16.5. The van der Waals surface area contributed by atoms with Crippen molar-refractivity contribution in [1.82, 2.24) is 0 Å². The fourth-order valence-electron chi connectivity index (χ4n) is 1.92. The van der Waals surface area contributed by atoms with Gasteiger partial charge in [-0.3, -0.25) is 9.59 Å². The van der Waals surface area contributed by atoms with E-state index in [1.165, 1.54) is 6.92 Å². The second-order valence-corrected chi connectivity index (χ2v) is 5.02. The summed E-state index contributed by atoms with van der Waals surface area (Å²) >= 11 is 0. The van der Waals surface area contributed by atoms with Crippen LogP contribution in [0.1, 0.15) is 29.8 Å². The number of anilines is 1. The van der Waals surface area contributed by atoms with E-state index < -0.39 is 6.10 Å². The summed E-state index contributed by atoms with van der Waals surface area (Å²) in [5, 5.41) is 11.5. The summed E-state index contributed by atoms with van der Waals surface area (Å²) < 4.78 is 5.57. The molecule has 1 atom stereocenters. The van der Waals surface area contributed by atoms with Crippen molar-refractivity contribution in [3.8, 4) is 11.8 Å². The zero-order chi connectivity index (χ0) is 16.8. The van der Waals surface area contributed by atoms with E-state index in [2.05, 4.69) is 5.32 Å². The average molecular weight is 308 g/mol. The molecule has 5 heteroatoms. The number of nitrogens with one attached hydrogen (secondary N) is 1. The van der Waals surface area contributed by atoms with Crippen molar-refractivity contribution >= 4 is 17.4 Å². The maximum absolute atomic E-state index is 12.1. The predicted octanol–water partition coefficient (Wildman–Crippen LogP) is 3.17. The van der Waals surface area contributed by atoms with Gasteiger partial charge in [-0.15, -0.1) is 0 Å². The summed E-state index contributed by atoms with van der Waals surface area (Å²) in [6.45, 7) is 3.10. The van der Waals surface area contributed by atoms with Gasteiger partial charge in [0.2, 0.25) is 0 Å². The molecule has 23 heavy (non-hydrogen) atoms. The van der Waals surface area contributed by atoms with Gasteiger partial charge >= 0.3 is 0 Å². The number of hydrogen-bond acceptors (Lipinski definition) is 4. The lowest BCUT2D eigenvalue weighted by Gasteiger charge is -2.15. The van der Waals surface area contributed by atoms with E-state index >= 15 is 0 Å². The molecule has 0 saturated carbocycles. The first kappa shape index (κ1) is 16.2. The molecule has 0 unspecified atom stereocenters. The lowest BCUT2D eigenvalue weighted by Crippen LogP contribution is -2.30. The largest absolute Gasteiger partial charge is 0.481 e. The van der Waals surface area contributed by atoms with E-state index in [0.717, 1.165) is 0 Å². The topological polar surface area (TPSA) is 79.2 Å². The fourth-order valence-corrected chi connectivity index (χ4v) is 1.92. The maximum Gasteiger partial charge on any atom is 0.265 e. The Kier molecular flexibility index (Phi) is 5.11. The molecule has 0 fully saturated rings. The number of benzene rings is 2. The van der Waals surface area contributed by atoms with Crippen LogP contribution in [0.4, 0.5) is 5.69 Å². The number of nitriles is 1. The van der Waals surface area contributed by atoms with E-state index in [0.29, 0.717) is 22.6 Å². The van der Waals surface area contributed by atoms with Gasteiger partial charge in [-0.05, 0) is 50.2 Å². The molecule has 1 N–H and O–H groups in total. The van der Waals surface area contributed by atoms with Gasteiger partial charge in [0.15, 0.2) is 11.9 Å². The molecule has 2 aromatic rings. The molecular weight excluding hydrogens is 292 g/mol. The predicted molar refractivity (Wildman–Crippen MR) is 86.3 cm³/mol. The van der Waals surface area contributed by atoms with Crippen LogP contribution in [0.3, 0.4) is 0 Å². The minimum atomic E-state index is -0.729. The van der Waals surface area contributed by atoms with Crippen LogP contribution in [0, 0.1) is 11.3 Å². The quantitative estimate of drug-likeness (QED) is 0.860. The third-order valence-electron chi connectivity index (χ3n) is 3.20. The number of ketones is 1. The first-order valence-electron chi connectivity index (χ1n) is 7.08. The smallest absolute Gasteiger partial charge is 0.265 e. The highest BCUT2D eigenvalue weighted by Gasteiger charge is 2.15. The van der Waals surface area contributed by atoms with Crippen molar-refractivity contribution in [1.29, 1.82) is 5.26 Å². The van der Waals surface area contributed by atoms with E-state index in [4.69, 9.17) is 10.00 Å². The van der Waals surface area contributed by atoms with Gasteiger partial charge in [-0.2, -0.15) is 5.26 Å². The summed E-state index contributed by atoms with van der Waals surface area (Å²) in [5.74, 6) is 0.0771. The standard InChI is InChI=1S/C18H16N2O3/c1-12(21)15-4-3-5-17(10-15)23-13(2)18(22)20-16-8-6-14(11-19)7-9-16/h3-10,13H,1-2H3,(H,20,22)/t13-/m1/s1. The molecule has 0 radical (unpaired) electrons. The van der Waals surface area contributed by atoms with E-state index in [1.54, 1.807) is 55.5 Å². The van der Waals surface area contributed by atoms with Gasteiger partial charge < -0.3 is 10.1 Å². The molecule has 0 aliphatic rings. The van der Waals surface area contributed by atoms with Gasteiger partial charge in [-0.25, -0.2) is 0 Å². The Bertz CT molecular complexity index is 761. The maximum atomic E-state index is 12.1. The molecule has 0 spiro atoms. The molecule has 1 amide bonds. The number of nitrogens with zero attached hydrogens (tertiary/aromatic N) is 1. The molecule has 0 aromatic heterocycles. The van der Waals surface area contributed by atoms with Crippen molar-refractivity contribution in [3.63, 3.8) is 0 Å². The minimum Gasteiger partial charge on any atom is -0.481 e. The van der Waals surface area contributed by atoms with Crippen molar-refractivity contribution in [2.45, 2.75) is 20.0 Å². The molecule has 5 nitrogen and oxygen atoms in total. The second-order valence-electron chi connectivity index (χ2n) is 5.02. The van der Waals surface area contributed by atoms with Crippen LogP contribution in [0.5, 0.6) is 5.75 Å². The molecule has 0 aliphatic heterocycles. The van der Waals surface area contributed by atoms with E-state index in [-0.39, 0.29) is 11.7 Å². The monoisotopic (exact) mass is 308 g/mol. The Balaban J connectivity index is 2.00. The normalized spacial score (nSPS) is 11.2. The molecule has 0 saturated heterocycles. The van der Waals surface area contributed by atoms with Crippen LogP contribution >= 0.6 is 0 Å².